The third-order valence-electron chi connectivity index (χ3n) is 3.51. The van der Waals surface area contributed by atoms with Gasteiger partial charge in [-0.05, 0) is 31.8 Å². The number of rotatable bonds is 2. The predicted octanol–water partition coefficient (Wildman–Crippen LogP) is 3.63. The van der Waals surface area contributed by atoms with E-state index in [9.17, 15) is 0 Å². The fourth-order valence-corrected chi connectivity index (χ4v) is 2.52. The average Bonchev–Trinajstić information content (AvgIpc) is 2.46. The minimum absolute atomic E-state index is 0.526. The van der Waals surface area contributed by atoms with Gasteiger partial charge in [-0.2, -0.15) is 0 Å². The summed E-state index contributed by atoms with van der Waals surface area (Å²) >= 11 is 0. The first-order valence-corrected chi connectivity index (χ1v) is 8.68. The predicted molar refractivity (Wildman–Crippen MR) is 90.8 cm³/mol. The van der Waals surface area contributed by atoms with E-state index in [0.717, 1.165) is 5.92 Å². The van der Waals surface area contributed by atoms with Crippen LogP contribution in [0.5, 0.6) is 0 Å². The Morgan fingerprint density at radius 1 is 1.05 bits per heavy atom. The maximum atomic E-state index is 3.42. The first-order valence-electron chi connectivity index (χ1n) is 8.68. The van der Waals surface area contributed by atoms with Gasteiger partial charge in [0.2, 0.25) is 0 Å². The molecule has 1 N–H and O–H groups in total. The summed E-state index contributed by atoms with van der Waals surface area (Å²) in [6.07, 6.45) is 2.72. The van der Waals surface area contributed by atoms with E-state index in [1.54, 1.807) is 0 Å². The molecule has 2 heterocycles. The fourth-order valence-electron chi connectivity index (χ4n) is 2.52. The van der Waals surface area contributed by atoms with Gasteiger partial charge >= 0.3 is 0 Å². The van der Waals surface area contributed by atoms with Crippen LogP contribution in [-0.2, 0) is 0 Å². The van der Waals surface area contributed by atoms with Crippen LogP contribution in [0.1, 0.15) is 54.4 Å². The number of nitrogens with zero attached hydrogens (tertiary/aromatic N) is 1. The van der Waals surface area contributed by atoms with Crippen molar-refractivity contribution in [2.24, 2.45) is 17.8 Å². The van der Waals surface area contributed by atoms with Crippen molar-refractivity contribution in [3.05, 3.63) is 0 Å². The molecule has 0 unspecified atom stereocenters. The van der Waals surface area contributed by atoms with Crippen molar-refractivity contribution in [2.75, 3.05) is 32.7 Å². The summed E-state index contributed by atoms with van der Waals surface area (Å²) in [5, 5.41) is 3.42. The van der Waals surface area contributed by atoms with Gasteiger partial charge in [-0.3, -0.25) is 0 Å². The lowest BCUT2D eigenvalue weighted by Crippen LogP contribution is -2.49. The number of likely N-dealkylation sites (tertiary alicyclic amines) is 1. The molecule has 2 aliphatic rings. The highest BCUT2D eigenvalue weighted by atomic mass is 15.2. The molecule has 0 spiro atoms. The van der Waals surface area contributed by atoms with Gasteiger partial charge in [-0.25, -0.2) is 0 Å². The van der Waals surface area contributed by atoms with Gasteiger partial charge in [0.25, 0.3) is 0 Å². The Balaban J connectivity index is 0.000000829. The lowest BCUT2D eigenvalue weighted by molar-refractivity contribution is 0.104. The summed E-state index contributed by atoms with van der Waals surface area (Å²) in [7, 11) is 0. The van der Waals surface area contributed by atoms with E-state index in [1.807, 2.05) is 27.7 Å². The quantitative estimate of drug-likeness (QED) is 0.777. The van der Waals surface area contributed by atoms with Crippen molar-refractivity contribution >= 4 is 0 Å². The Morgan fingerprint density at radius 3 is 2.10 bits per heavy atom. The fraction of sp³-hybridized carbons (Fsp3) is 0.889. The van der Waals surface area contributed by atoms with Crippen molar-refractivity contribution in [3.8, 4) is 11.8 Å². The van der Waals surface area contributed by atoms with Gasteiger partial charge in [-0.1, -0.05) is 47.5 Å². The Labute approximate surface area is 127 Å². The molecule has 0 aromatic heterocycles. The van der Waals surface area contributed by atoms with Crippen LogP contribution in [-0.4, -0.2) is 37.6 Å². The molecule has 0 bridgehead atoms. The number of piperidine rings is 1. The second-order valence-electron chi connectivity index (χ2n) is 5.55. The molecule has 2 saturated heterocycles. The van der Waals surface area contributed by atoms with Crippen LogP contribution in [0.2, 0.25) is 0 Å². The van der Waals surface area contributed by atoms with Crippen molar-refractivity contribution < 1.29 is 0 Å². The lowest BCUT2D eigenvalue weighted by atomic mass is 9.93. The van der Waals surface area contributed by atoms with Gasteiger partial charge in [-0.15, -0.1) is 5.92 Å². The second-order valence-corrected chi connectivity index (χ2v) is 5.55. The highest BCUT2D eigenvalue weighted by Crippen LogP contribution is 2.20. The molecule has 2 nitrogen and oxygen atoms in total. The van der Waals surface area contributed by atoms with E-state index in [2.05, 4.69) is 35.9 Å². The van der Waals surface area contributed by atoms with Crippen LogP contribution in [0.3, 0.4) is 0 Å². The van der Waals surface area contributed by atoms with E-state index in [4.69, 9.17) is 0 Å². The Morgan fingerprint density at radius 2 is 1.60 bits per heavy atom. The molecule has 0 aliphatic carbocycles. The van der Waals surface area contributed by atoms with Gasteiger partial charge in [0.15, 0.2) is 0 Å². The lowest BCUT2D eigenvalue weighted by Gasteiger charge is -2.39. The van der Waals surface area contributed by atoms with E-state index < -0.39 is 0 Å². The third kappa shape index (κ3) is 7.92. The highest BCUT2D eigenvalue weighted by Gasteiger charge is 2.27. The molecule has 2 aliphatic heterocycles. The summed E-state index contributed by atoms with van der Waals surface area (Å²) in [6.45, 7) is 18.5. The molecule has 118 valence electrons. The second kappa shape index (κ2) is 12.2. The SMILES string of the molecule is CC.CC.CC(C)C#CC1CN(CC2CCNCC2)C1. The molecule has 0 radical (unpaired) electrons. The summed E-state index contributed by atoms with van der Waals surface area (Å²) in [5.74, 6) is 8.78. The van der Waals surface area contributed by atoms with Crippen molar-refractivity contribution in [1.82, 2.24) is 10.2 Å². The van der Waals surface area contributed by atoms with Gasteiger partial charge < -0.3 is 10.2 Å². The van der Waals surface area contributed by atoms with Crippen molar-refractivity contribution in [3.63, 3.8) is 0 Å². The summed E-state index contributed by atoms with van der Waals surface area (Å²) in [6, 6.07) is 0. The van der Waals surface area contributed by atoms with E-state index in [0.29, 0.717) is 11.8 Å². The smallest absolute Gasteiger partial charge is 0.0457 e. The van der Waals surface area contributed by atoms with Crippen LogP contribution in [0.15, 0.2) is 0 Å². The third-order valence-corrected chi connectivity index (χ3v) is 3.51. The minimum atomic E-state index is 0.526. The van der Waals surface area contributed by atoms with Crippen molar-refractivity contribution in [2.45, 2.75) is 54.4 Å². The van der Waals surface area contributed by atoms with Crippen LogP contribution in [0.4, 0.5) is 0 Å². The Kier molecular flexibility index (Phi) is 11.9. The Hall–Kier alpha value is -0.520. The average molecular weight is 280 g/mol. The monoisotopic (exact) mass is 280 g/mol. The first-order chi connectivity index (χ1) is 9.74. The van der Waals surface area contributed by atoms with Crippen LogP contribution < -0.4 is 5.32 Å². The Bertz CT molecular complexity index is 263. The molecule has 0 amide bonds. The van der Waals surface area contributed by atoms with Gasteiger partial charge in [0.1, 0.15) is 0 Å². The molecule has 2 rings (SSSR count). The molecule has 2 fully saturated rings. The maximum absolute atomic E-state index is 3.42. The first kappa shape index (κ1) is 19.5. The van der Waals surface area contributed by atoms with Gasteiger partial charge in [0.05, 0.1) is 0 Å². The summed E-state index contributed by atoms with van der Waals surface area (Å²) < 4.78 is 0. The zero-order valence-electron chi connectivity index (χ0n) is 14.6. The van der Waals surface area contributed by atoms with Gasteiger partial charge in [0, 0.05) is 31.5 Å². The maximum Gasteiger partial charge on any atom is 0.0457 e. The number of hydrogen-bond acceptors (Lipinski definition) is 2. The number of nitrogens with one attached hydrogen (secondary N) is 1. The molecule has 2 heteroatoms. The van der Waals surface area contributed by atoms with Crippen molar-refractivity contribution in [1.29, 1.82) is 0 Å². The topological polar surface area (TPSA) is 15.3 Å². The zero-order chi connectivity index (χ0) is 15.4. The molecule has 0 aromatic carbocycles. The summed E-state index contributed by atoms with van der Waals surface area (Å²) in [4.78, 5) is 2.58. The molecule has 0 atom stereocenters. The largest absolute Gasteiger partial charge is 0.317 e. The van der Waals surface area contributed by atoms with Crippen LogP contribution >= 0.6 is 0 Å². The van der Waals surface area contributed by atoms with Crippen LogP contribution in [0.25, 0.3) is 0 Å². The van der Waals surface area contributed by atoms with Crippen LogP contribution in [0, 0.1) is 29.6 Å². The van der Waals surface area contributed by atoms with E-state index in [-0.39, 0.29) is 0 Å². The zero-order valence-corrected chi connectivity index (χ0v) is 14.6. The van der Waals surface area contributed by atoms with E-state index >= 15 is 0 Å². The molecular formula is C18H36N2. The normalized spacial score (nSPS) is 19.8. The number of hydrogen-bond donors (Lipinski definition) is 1. The molecular weight excluding hydrogens is 244 g/mol. The standard InChI is InChI=1S/C14H24N2.2C2H6/c1-12(2)3-4-14-10-16(11-14)9-13-5-7-15-8-6-13;2*1-2/h12-15H,5-11H2,1-2H3;2*1-2H3. The molecule has 0 saturated carbocycles. The molecule has 0 aromatic rings. The highest BCUT2D eigenvalue weighted by molar-refractivity contribution is 5.10. The summed E-state index contributed by atoms with van der Waals surface area (Å²) in [5.41, 5.74) is 0. The molecule has 20 heavy (non-hydrogen) atoms. The minimum Gasteiger partial charge on any atom is -0.317 e. The van der Waals surface area contributed by atoms with E-state index in [1.165, 1.54) is 45.6 Å².